The van der Waals surface area contributed by atoms with Gasteiger partial charge < -0.3 is 1.43 Å². The molecular formula is C10H6F3KN2O2S. The van der Waals surface area contributed by atoms with Crippen LogP contribution in [0.5, 0.6) is 0 Å². The largest absolute Gasteiger partial charge is 1.00 e. The molecule has 0 amide bonds. The molecule has 1 rings (SSSR count). The molecule has 1 unspecified atom stereocenters. The molecule has 0 saturated heterocycles. The second kappa shape index (κ2) is 6.35. The topological polar surface area (TPSA) is 81.7 Å². The van der Waals surface area contributed by atoms with Gasteiger partial charge in [0.2, 0.25) is 0 Å². The molecule has 1 aliphatic rings. The smallest absolute Gasteiger partial charge is 1.00 e. The monoisotopic (exact) mass is 314 g/mol. The number of rotatable bonds is 2. The van der Waals surface area contributed by atoms with E-state index in [0.717, 1.165) is 0 Å². The van der Waals surface area contributed by atoms with E-state index in [9.17, 15) is 21.6 Å². The quantitative estimate of drug-likeness (QED) is 0.604. The van der Waals surface area contributed by atoms with Gasteiger partial charge in [-0.05, 0) is 6.08 Å². The molecule has 9 heteroatoms. The van der Waals surface area contributed by atoms with Crippen LogP contribution in [-0.4, -0.2) is 19.8 Å². The number of allylic oxidation sites excluding steroid dienone is 2. The van der Waals surface area contributed by atoms with Crippen LogP contribution in [0.3, 0.4) is 0 Å². The van der Waals surface area contributed by atoms with Gasteiger partial charge in [0.05, 0.1) is 16.7 Å². The fourth-order valence-electron chi connectivity index (χ4n) is 1.48. The van der Waals surface area contributed by atoms with Crippen LogP contribution in [0.25, 0.3) is 0 Å². The normalized spacial score (nSPS) is 19.0. The third-order valence-corrected chi connectivity index (χ3v) is 3.81. The molecule has 0 radical (unpaired) electrons. The van der Waals surface area contributed by atoms with Crippen LogP contribution in [0.4, 0.5) is 13.2 Å². The number of sulfone groups is 1. The van der Waals surface area contributed by atoms with Crippen molar-refractivity contribution < 1.29 is 74.4 Å². The molecule has 0 N–H and O–H groups in total. The first-order valence-corrected chi connectivity index (χ1v) is 6.00. The van der Waals surface area contributed by atoms with E-state index in [1.54, 1.807) is 0 Å². The Hall–Kier alpha value is -0.424. The number of nitriles is 2. The Morgan fingerprint density at radius 2 is 1.89 bits per heavy atom. The van der Waals surface area contributed by atoms with Gasteiger partial charge in [0.1, 0.15) is 17.4 Å². The minimum absolute atomic E-state index is 0. The average Bonchev–Trinajstić information content (AvgIpc) is 2.67. The van der Waals surface area contributed by atoms with Gasteiger partial charge in [-0.25, -0.2) is 8.42 Å². The molecule has 0 aromatic rings. The van der Waals surface area contributed by atoms with Gasteiger partial charge in [-0.3, -0.25) is 0 Å². The maximum Gasteiger partial charge on any atom is 1.00 e. The van der Waals surface area contributed by atoms with Crippen LogP contribution in [0.15, 0.2) is 34.8 Å². The Kier molecular flexibility index (Phi) is 6.21. The second-order valence-electron chi connectivity index (χ2n) is 3.27. The summed E-state index contributed by atoms with van der Waals surface area (Å²) in [5.41, 5.74) is -3.10. The Morgan fingerprint density at radius 3 is 2.21 bits per heavy atom. The predicted octanol–water partition coefficient (Wildman–Crippen LogP) is -1.12. The summed E-state index contributed by atoms with van der Waals surface area (Å²) >= 11 is 0. The molecule has 0 aliphatic heterocycles. The van der Waals surface area contributed by atoms with E-state index in [2.05, 4.69) is 6.58 Å². The molecule has 0 aromatic heterocycles. The van der Waals surface area contributed by atoms with E-state index in [0.29, 0.717) is 11.5 Å². The van der Waals surface area contributed by atoms with Crippen molar-refractivity contribution in [3.63, 3.8) is 0 Å². The number of hydrogen-bond acceptors (Lipinski definition) is 4. The molecule has 0 heterocycles. The standard InChI is InChI=1S/C10H5F3N2O2S.K.H/c1-2-18(16,17)8-3-6(4-14)7(5-15)9(8)10(11,12)13;;/h2-3,8H,1H2;;/q;+1;-1. The summed E-state index contributed by atoms with van der Waals surface area (Å²) in [6.45, 7) is 2.92. The van der Waals surface area contributed by atoms with Crippen LogP contribution < -0.4 is 51.4 Å². The van der Waals surface area contributed by atoms with E-state index in [1.807, 2.05) is 0 Å². The molecular weight excluding hydrogens is 308 g/mol. The molecule has 1 atom stereocenters. The van der Waals surface area contributed by atoms with Gasteiger partial charge in [-0.2, -0.15) is 23.7 Å². The maximum absolute atomic E-state index is 12.8. The van der Waals surface area contributed by atoms with Crippen LogP contribution in [0, 0.1) is 22.7 Å². The first kappa shape index (κ1) is 18.6. The van der Waals surface area contributed by atoms with Crippen molar-refractivity contribution >= 4 is 9.84 Å². The first-order valence-electron chi connectivity index (χ1n) is 4.39. The van der Waals surface area contributed by atoms with E-state index >= 15 is 0 Å². The van der Waals surface area contributed by atoms with Crippen molar-refractivity contribution in [2.24, 2.45) is 0 Å². The third-order valence-electron chi connectivity index (χ3n) is 2.27. The van der Waals surface area contributed by atoms with Crippen LogP contribution >= 0.6 is 0 Å². The summed E-state index contributed by atoms with van der Waals surface area (Å²) in [6, 6.07) is 2.59. The summed E-state index contributed by atoms with van der Waals surface area (Å²) in [5.74, 6) is 0. The maximum atomic E-state index is 12.8. The van der Waals surface area contributed by atoms with Crippen LogP contribution in [-0.2, 0) is 9.84 Å². The molecule has 0 aromatic carbocycles. The third kappa shape index (κ3) is 3.57. The van der Waals surface area contributed by atoms with Crippen LogP contribution in [0.1, 0.15) is 1.43 Å². The first-order chi connectivity index (χ1) is 8.19. The van der Waals surface area contributed by atoms with Crippen molar-refractivity contribution in [3.8, 4) is 12.1 Å². The van der Waals surface area contributed by atoms with E-state index in [4.69, 9.17) is 10.5 Å². The predicted molar refractivity (Wildman–Crippen MR) is 56.4 cm³/mol. The van der Waals surface area contributed by atoms with Crippen molar-refractivity contribution in [2.75, 3.05) is 0 Å². The summed E-state index contributed by atoms with van der Waals surface area (Å²) in [4.78, 5) is 0. The minimum Gasteiger partial charge on any atom is -1.00 e. The fourth-order valence-corrected chi connectivity index (χ4v) is 2.60. The molecule has 0 bridgehead atoms. The summed E-state index contributed by atoms with van der Waals surface area (Å²) in [5, 5.41) is 15.5. The Balaban J connectivity index is 0. The van der Waals surface area contributed by atoms with Gasteiger partial charge in [0.15, 0.2) is 9.84 Å². The van der Waals surface area contributed by atoms with Crippen LogP contribution in [0.2, 0.25) is 0 Å². The van der Waals surface area contributed by atoms with Gasteiger partial charge in [-0.1, -0.05) is 6.58 Å². The summed E-state index contributed by atoms with van der Waals surface area (Å²) < 4.78 is 61.3. The van der Waals surface area contributed by atoms with Crippen molar-refractivity contribution in [2.45, 2.75) is 11.4 Å². The van der Waals surface area contributed by atoms with E-state index < -0.39 is 38.0 Å². The molecule has 4 nitrogen and oxygen atoms in total. The van der Waals surface area contributed by atoms with Gasteiger partial charge >= 0.3 is 57.6 Å². The zero-order valence-corrected chi connectivity index (χ0v) is 13.6. The zero-order chi connectivity index (χ0) is 14.1. The Labute approximate surface area is 151 Å². The molecule has 0 spiro atoms. The number of halogens is 3. The van der Waals surface area contributed by atoms with E-state index in [1.165, 1.54) is 12.1 Å². The van der Waals surface area contributed by atoms with Crippen molar-refractivity contribution in [3.05, 3.63) is 34.8 Å². The second-order valence-corrected chi connectivity index (χ2v) is 5.29. The Morgan fingerprint density at radius 1 is 1.37 bits per heavy atom. The van der Waals surface area contributed by atoms with Crippen molar-refractivity contribution in [1.29, 1.82) is 10.5 Å². The summed E-state index contributed by atoms with van der Waals surface area (Å²) in [7, 11) is -4.31. The number of alkyl halides is 3. The van der Waals surface area contributed by atoms with Gasteiger partial charge in [0, 0.05) is 5.41 Å². The average molecular weight is 314 g/mol. The molecule has 96 valence electrons. The van der Waals surface area contributed by atoms with Gasteiger partial charge in [0.25, 0.3) is 0 Å². The molecule has 0 fully saturated rings. The summed E-state index contributed by atoms with van der Waals surface area (Å²) in [6.07, 6.45) is -4.40. The van der Waals surface area contributed by atoms with Gasteiger partial charge in [-0.15, -0.1) is 0 Å². The Bertz CT molecular complexity index is 653. The fraction of sp³-hybridized carbons (Fsp3) is 0.200. The zero-order valence-electron chi connectivity index (χ0n) is 10.7. The molecule has 19 heavy (non-hydrogen) atoms. The SMILES string of the molecule is C=CS(=O)(=O)C1C=C(C#N)C(C#N)=C1C(F)(F)F.[H-].[K+]. The molecule has 0 saturated carbocycles. The minimum atomic E-state index is -5.01. The number of nitrogens with zero attached hydrogens (tertiary/aromatic N) is 2. The van der Waals surface area contributed by atoms with Crippen molar-refractivity contribution in [1.82, 2.24) is 0 Å². The number of hydrogen-bond donors (Lipinski definition) is 0. The van der Waals surface area contributed by atoms with E-state index in [-0.39, 0.29) is 52.8 Å². The molecule has 1 aliphatic carbocycles.